The number of rotatable bonds is 4. The summed E-state index contributed by atoms with van der Waals surface area (Å²) in [5.74, 6) is 0.627. The Morgan fingerprint density at radius 2 is 2.27 bits per heavy atom. The van der Waals surface area contributed by atoms with Gasteiger partial charge in [0.05, 0.1) is 10.7 Å². The summed E-state index contributed by atoms with van der Waals surface area (Å²) in [5.41, 5.74) is 6.76. The Morgan fingerprint density at radius 3 is 3.00 bits per heavy atom. The highest BCUT2D eigenvalue weighted by Gasteiger charge is 2.18. The zero-order valence-corrected chi connectivity index (χ0v) is 9.76. The quantitative estimate of drug-likeness (QED) is 0.853. The fraction of sp³-hybridized carbons (Fsp3) is 0.727. The molecule has 0 aliphatic carbocycles. The van der Waals surface area contributed by atoms with Crippen molar-refractivity contribution in [1.29, 1.82) is 0 Å². The van der Waals surface area contributed by atoms with E-state index in [9.17, 15) is 0 Å². The van der Waals surface area contributed by atoms with Gasteiger partial charge in [-0.2, -0.15) is 0 Å². The van der Waals surface area contributed by atoms with Gasteiger partial charge in [-0.15, -0.1) is 11.3 Å². The van der Waals surface area contributed by atoms with Gasteiger partial charge in [-0.25, -0.2) is 4.98 Å². The Balaban J connectivity index is 1.93. The lowest BCUT2D eigenvalue weighted by molar-refractivity contribution is 0.0846. The fourth-order valence-corrected chi connectivity index (χ4v) is 2.80. The van der Waals surface area contributed by atoms with Crippen LogP contribution in [0.3, 0.4) is 0 Å². The zero-order chi connectivity index (χ0) is 10.5. The number of hydrogen-bond donors (Lipinski definition) is 1. The van der Waals surface area contributed by atoms with Crippen LogP contribution in [-0.4, -0.2) is 24.7 Å². The fourth-order valence-electron chi connectivity index (χ4n) is 1.87. The molecule has 4 heteroatoms. The van der Waals surface area contributed by atoms with E-state index in [-0.39, 0.29) is 0 Å². The van der Waals surface area contributed by atoms with Gasteiger partial charge in [0.15, 0.2) is 0 Å². The minimum Gasteiger partial charge on any atom is -0.381 e. The number of hydrogen-bond acceptors (Lipinski definition) is 4. The lowest BCUT2D eigenvalue weighted by atomic mass is 9.97. The third-order valence-corrected chi connectivity index (χ3v) is 3.73. The van der Waals surface area contributed by atoms with Crippen LogP contribution in [0.1, 0.15) is 35.9 Å². The molecule has 2 rings (SSSR count). The average molecular weight is 226 g/mol. The Kier molecular flexibility index (Phi) is 4.11. The number of nitrogens with zero attached hydrogens (tertiary/aromatic N) is 1. The van der Waals surface area contributed by atoms with Gasteiger partial charge in [-0.1, -0.05) is 0 Å². The first-order valence-corrected chi connectivity index (χ1v) is 6.50. The molecule has 1 aliphatic rings. The Morgan fingerprint density at radius 1 is 1.47 bits per heavy atom. The number of thiazole rings is 1. The smallest absolute Gasteiger partial charge is 0.0928 e. The minimum atomic E-state index is 0.627. The average Bonchev–Trinajstić information content (AvgIpc) is 2.76. The molecule has 1 fully saturated rings. The van der Waals surface area contributed by atoms with Crippen molar-refractivity contribution in [2.45, 2.75) is 31.6 Å². The van der Waals surface area contributed by atoms with Crippen molar-refractivity contribution in [3.05, 3.63) is 16.1 Å². The van der Waals surface area contributed by atoms with Gasteiger partial charge in [0.1, 0.15) is 0 Å². The molecule has 2 heterocycles. The van der Waals surface area contributed by atoms with Crippen LogP contribution < -0.4 is 5.73 Å². The van der Waals surface area contributed by atoms with Crippen molar-refractivity contribution in [3.8, 4) is 0 Å². The van der Waals surface area contributed by atoms with E-state index in [1.165, 1.54) is 10.7 Å². The van der Waals surface area contributed by atoms with Gasteiger partial charge in [0, 0.05) is 30.9 Å². The summed E-state index contributed by atoms with van der Waals surface area (Å²) in [6.45, 7) is 2.53. The maximum absolute atomic E-state index is 5.49. The van der Waals surface area contributed by atoms with E-state index < -0.39 is 0 Å². The lowest BCUT2D eigenvalue weighted by Crippen LogP contribution is -2.14. The molecule has 1 aliphatic heterocycles. The van der Waals surface area contributed by atoms with Gasteiger partial charge < -0.3 is 10.5 Å². The van der Waals surface area contributed by atoms with Crippen molar-refractivity contribution < 1.29 is 4.74 Å². The SMILES string of the molecule is NCCCc1nc(C2CCOCC2)cs1. The maximum Gasteiger partial charge on any atom is 0.0928 e. The van der Waals surface area contributed by atoms with Crippen LogP contribution in [0.25, 0.3) is 0 Å². The van der Waals surface area contributed by atoms with Crippen LogP contribution in [0.5, 0.6) is 0 Å². The van der Waals surface area contributed by atoms with E-state index in [0.29, 0.717) is 5.92 Å². The maximum atomic E-state index is 5.49. The van der Waals surface area contributed by atoms with Crippen LogP contribution in [0.2, 0.25) is 0 Å². The zero-order valence-electron chi connectivity index (χ0n) is 8.95. The van der Waals surface area contributed by atoms with Crippen molar-refractivity contribution in [2.75, 3.05) is 19.8 Å². The largest absolute Gasteiger partial charge is 0.381 e. The van der Waals surface area contributed by atoms with Gasteiger partial charge >= 0.3 is 0 Å². The summed E-state index contributed by atoms with van der Waals surface area (Å²) in [7, 11) is 0. The second kappa shape index (κ2) is 5.58. The molecule has 0 radical (unpaired) electrons. The Bertz CT molecular complexity index is 295. The van der Waals surface area contributed by atoms with E-state index in [1.54, 1.807) is 11.3 Å². The Hall–Kier alpha value is -0.450. The molecule has 0 amide bonds. The molecule has 3 nitrogen and oxygen atoms in total. The van der Waals surface area contributed by atoms with Crippen LogP contribution in [0.15, 0.2) is 5.38 Å². The molecular formula is C11H18N2OS. The van der Waals surface area contributed by atoms with Crippen LogP contribution in [0.4, 0.5) is 0 Å². The van der Waals surface area contributed by atoms with Crippen LogP contribution in [-0.2, 0) is 11.2 Å². The number of aromatic nitrogens is 1. The molecule has 0 aromatic carbocycles. The summed E-state index contributed by atoms with van der Waals surface area (Å²) in [5, 5.41) is 3.45. The first-order valence-electron chi connectivity index (χ1n) is 5.62. The third kappa shape index (κ3) is 3.00. The number of nitrogens with two attached hydrogens (primary N) is 1. The molecule has 0 saturated carbocycles. The molecule has 84 valence electrons. The van der Waals surface area contributed by atoms with Crippen LogP contribution in [0, 0.1) is 0 Å². The van der Waals surface area contributed by atoms with Gasteiger partial charge in [-0.3, -0.25) is 0 Å². The molecule has 1 aromatic rings. The van der Waals surface area contributed by atoms with Crippen molar-refractivity contribution in [3.63, 3.8) is 0 Å². The van der Waals surface area contributed by atoms with Crippen LogP contribution >= 0.6 is 11.3 Å². The van der Waals surface area contributed by atoms with E-state index in [2.05, 4.69) is 10.4 Å². The second-order valence-corrected chi connectivity index (χ2v) is 4.89. The standard InChI is InChI=1S/C11H18N2OS/c12-5-1-2-11-13-10(8-15-11)9-3-6-14-7-4-9/h8-9H,1-7,12H2. The summed E-state index contributed by atoms with van der Waals surface area (Å²) < 4.78 is 5.35. The predicted molar refractivity (Wildman–Crippen MR) is 62.3 cm³/mol. The first-order chi connectivity index (χ1) is 7.40. The van der Waals surface area contributed by atoms with Crippen molar-refractivity contribution in [1.82, 2.24) is 4.98 Å². The summed E-state index contributed by atoms with van der Waals surface area (Å²) in [4.78, 5) is 4.68. The summed E-state index contributed by atoms with van der Waals surface area (Å²) in [6.07, 6.45) is 4.32. The number of ether oxygens (including phenoxy) is 1. The monoisotopic (exact) mass is 226 g/mol. The molecule has 0 unspecified atom stereocenters. The topological polar surface area (TPSA) is 48.1 Å². The highest BCUT2D eigenvalue weighted by atomic mass is 32.1. The molecule has 0 atom stereocenters. The van der Waals surface area contributed by atoms with E-state index in [0.717, 1.165) is 45.4 Å². The van der Waals surface area contributed by atoms with E-state index in [4.69, 9.17) is 10.5 Å². The van der Waals surface area contributed by atoms with Gasteiger partial charge in [-0.05, 0) is 25.8 Å². The normalized spacial score (nSPS) is 18.2. The second-order valence-electron chi connectivity index (χ2n) is 3.94. The van der Waals surface area contributed by atoms with Crippen molar-refractivity contribution in [2.24, 2.45) is 5.73 Å². The first kappa shape index (κ1) is 11.0. The summed E-state index contributed by atoms with van der Waals surface area (Å²) in [6, 6.07) is 0. The molecule has 1 aromatic heterocycles. The van der Waals surface area contributed by atoms with Crippen molar-refractivity contribution >= 4 is 11.3 Å². The van der Waals surface area contributed by atoms with E-state index in [1.807, 2.05) is 0 Å². The molecule has 15 heavy (non-hydrogen) atoms. The molecular weight excluding hydrogens is 208 g/mol. The minimum absolute atomic E-state index is 0.627. The van der Waals surface area contributed by atoms with Gasteiger partial charge in [0.2, 0.25) is 0 Å². The molecule has 1 saturated heterocycles. The highest BCUT2D eigenvalue weighted by molar-refractivity contribution is 7.09. The Labute approximate surface area is 94.7 Å². The third-order valence-electron chi connectivity index (χ3n) is 2.80. The van der Waals surface area contributed by atoms with Gasteiger partial charge in [0.25, 0.3) is 0 Å². The summed E-state index contributed by atoms with van der Waals surface area (Å²) >= 11 is 1.78. The molecule has 0 bridgehead atoms. The number of aryl methyl sites for hydroxylation is 1. The molecule has 0 spiro atoms. The highest BCUT2D eigenvalue weighted by Crippen LogP contribution is 2.28. The lowest BCUT2D eigenvalue weighted by Gasteiger charge is -2.19. The predicted octanol–water partition coefficient (Wildman–Crippen LogP) is 1.93. The molecule has 2 N–H and O–H groups in total. The van der Waals surface area contributed by atoms with E-state index >= 15 is 0 Å².